The second-order valence-electron chi connectivity index (χ2n) is 5.90. The number of hydrogen-bond acceptors (Lipinski definition) is 3. The maximum atomic E-state index is 12.6. The Morgan fingerprint density at radius 3 is 2.23 bits per heavy atom. The Bertz CT molecular complexity index is 791. The summed E-state index contributed by atoms with van der Waals surface area (Å²) in [6.45, 7) is 1.83. The Kier molecular flexibility index (Phi) is 6.01. The number of carbonyl (C=O) groups is 2. The molecule has 0 atom stereocenters. The fourth-order valence-electron chi connectivity index (χ4n) is 2.75. The minimum absolute atomic E-state index is 0.0129. The van der Waals surface area contributed by atoms with E-state index in [1.807, 2.05) is 18.2 Å². The van der Waals surface area contributed by atoms with Gasteiger partial charge in [-0.05, 0) is 30.3 Å². The second-order valence-corrected chi connectivity index (χ2v) is 6.74. The molecule has 1 aliphatic heterocycles. The summed E-state index contributed by atoms with van der Waals surface area (Å²) >= 11 is 12.0. The zero-order valence-corrected chi connectivity index (χ0v) is 15.5. The molecule has 2 aromatic rings. The first-order valence-corrected chi connectivity index (χ1v) is 9.00. The molecule has 0 N–H and O–H groups in total. The van der Waals surface area contributed by atoms with Gasteiger partial charge in [-0.3, -0.25) is 9.59 Å². The average molecular weight is 393 g/mol. The molecule has 1 aliphatic rings. The van der Waals surface area contributed by atoms with Crippen LogP contribution in [0.4, 0.5) is 0 Å². The molecule has 26 heavy (non-hydrogen) atoms. The molecule has 0 unspecified atom stereocenters. The van der Waals surface area contributed by atoms with Crippen molar-refractivity contribution in [2.24, 2.45) is 0 Å². The summed E-state index contributed by atoms with van der Waals surface area (Å²) in [6, 6.07) is 14.0. The minimum Gasteiger partial charge on any atom is -0.484 e. The molecule has 1 heterocycles. The van der Waals surface area contributed by atoms with Crippen molar-refractivity contribution >= 4 is 35.0 Å². The van der Waals surface area contributed by atoms with Gasteiger partial charge >= 0.3 is 0 Å². The minimum atomic E-state index is -0.153. The van der Waals surface area contributed by atoms with E-state index in [1.165, 1.54) is 0 Å². The lowest BCUT2D eigenvalue weighted by Gasteiger charge is -2.34. The molecule has 0 radical (unpaired) electrons. The van der Waals surface area contributed by atoms with Gasteiger partial charge < -0.3 is 14.5 Å². The number of hydrogen-bond donors (Lipinski definition) is 0. The molecule has 0 saturated carbocycles. The third-order valence-corrected chi connectivity index (χ3v) is 4.73. The fourth-order valence-corrected chi connectivity index (χ4v) is 3.23. The Hall–Kier alpha value is -2.24. The molecule has 5 nitrogen and oxygen atoms in total. The van der Waals surface area contributed by atoms with E-state index in [2.05, 4.69) is 0 Å². The number of benzene rings is 2. The van der Waals surface area contributed by atoms with Crippen molar-refractivity contribution in [1.29, 1.82) is 0 Å². The maximum Gasteiger partial charge on any atom is 0.260 e. The van der Waals surface area contributed by atoms with Gasteiger partial charge in [0.2, 0.25) is 0 Å². The van der Waals surface area contributed by atoms with E-state index in [0.29, 0.717) is 47.5 Å². The SMILES string of the molecule is O=C(COc1ccccc1)N1CCN(C(=O)c2ccc(Cl)cc2Cl)CC1. The summed E-state index contributed by atoms with van der Waals surface area (Å²) in [4.78, 5) is 28.3. The summed E-state index contributed by atoms with van der Waals surface area (Å²) in [5, 5.41) is 0.817. The Morgan fingerprint density at radius 2 is 1.58 bits per heavy atom. The molecule has 1 saturated heterocycles. The summed E-state index contributed by atoms with van der Waals surface area (Å²) in [7, 11) is 0. The first-order valence-electron chi connectivity index (χ1n) is 8.24. The second kappa shape index (κ2) is 8.43. The molecular formula is C19H18Cl2N2O3. The molecule has 0 spiro atoms. The predicted molar refractivity (Wildman–Crippen MR) is 101 cm³/mol. The number of rotatable bonds is 4. The first kappa shape index (κ1) is 18.5. The smallest absolute Gasteiger partial charge is 0.260 e. The van der Waals surface area contributed by atoms with Crippen molar-refractivity contribution in [3.63, 3.8) is 0 Å². The van der Waals surface area contributed by atoms with Crippen LogP contribution in [0.15, 0.2) is 48.5 Å². The number of piperazine rings is 1. The van der Waals surface area contributed by atoms with Crippen molar-refractivity contribution in [2.45, 2.75) is 0 Å². The Morgan fingerprint density at radius 1 is 0.923 bits per heavy atom. The van der Waals surface area contributed by atoms with Gasteiger partial charge in [0.15, 0.2) is 6.61 Å². The molecule has 3 rings (SSSR count). The van der Waals surface area contributed by atoms with Crippen LogP contribution >= 0.6 is 23.2 Å². The molecule has 0 aromatic heterocycles. The van der Waals surface area contributed by atoms with Crippen molar-refractivity contribution in [2.75, 3.05) is 32.8 Å². The van der Waals surface area contributed by atoms with E-state index in [4.69, 9.17) is 27.9 Å². The van der Waals surface area contributed by atoms with Crippen molar-refractivity contribution in [3.05, 3.63) is 64.1 Å². The number of carbonyl (C=O) groups excluding carboxylic acids is 2. The van der Waals surface area contributed by atoms with Gasteiger partial charge in [0.1, 0.15) is 5.75 Å². The van der Waals surface area contributed by atoms with Crippen LogP contribution in [0.3, 0.4) is 0 Å². The quantitative estimate of drug-likeness (QED) is 0.801. The third-order valence-electron chi connectivity index (χ3n) is 4.19. The Labute approximate surface area is 162 Å². The summed E-state index contributed by atoms with van der Waals surface area (Å²) < 4.78 is 5.49. The van der Waals surface area contributed by atoms with Crippen LogP contribution in [-0.4, -0.2) is 54.4 Å². The molecule has 0 aliphatic carbocycles. The van der Waals surface area contributed by atoms with Gasteiger partial charge in [0.25, 0.3) is 11.8 Å². The van der Waals surface area contributed by atoms with Gasteiger partial charge in [0.05, 0.1) is 10.6 Å². The zero-order chi connectivity index (χ0) is 18.5. The highest BCUT2D eigenvalue weighted by Crippen LogP contribution is 2.22. The first-order chi connectivity index (χ1) is 12.5. The van der Waals surface area contributed by atoms with Crippen LogP contribution in [0, 0.1) is 0 Å². The highest BCUT2D eigenvalue weighted by Gasteiger charge is 2.26. The average Bonchev–Trinajstić information content (AvgIpc) is 2.66. The lowest BCUT2D eigenvalue weighted by Crippen LogP contribution is -2.51. The number of nitrogens with zero attached hydrogens (tertiary/aromatic N) is 2. The maximum absolute atomic E-state index is 12.6. The highest BCUT2D eigenvalue weighted by molar-refractivity contribution is 6.36. The molecule has 136 valence electrons. The van der Waals surface area contributed by atoms with Gasteiger partial charge in [-0.15, -0.1) is 0 Å². The number of ether oxygens (including phenoxy) is 1. The van der Waals surface area contributed by atoms with E-state index in [0.717, 1.165) is 0 Å². The Balaban J connectivity index is 1.52. The molecule has 2 aromatic carbocycles. The van der Waals surface area contributed by atoms with E-state index < -0.39 is 0 Å². The van der Waals surface area contributed by atoms with Gasteiger partial charge in [-0.25, -0.2) is 0 Å². The number of amides is 2. The largest absolute Gasteiger partial charge is 0.484 e. The predicted octanol–water partition coefficient (Wildman–Crippen LogP) is 3.36. The van der Waals surface area contributed by atoms with Gasteiger partial charge in [-0.1, -0.05) is 41.4 Å². The summed E-state index contributed by atoms with van der Waals surface area (Å²) in [6.07, 6.45) is 0. The van der Waals surface area contributed by atoms with Crippen LogP contribution in [0.1, 0.15) is 10.4 Å². The van der Waals surface area contributed by atoms with Crippen molar-refractivity contribution in [3.8, 4) is 5.75 Å². The van der Waals surface area contributed by atoms with Crippen LogP contribution in [0.2, 0.25) is 10.0 Å². The van der Waals surface area contributed by atoms with Gasteiger partial charge in [0, 0.05) is 31.2 Å². The third kappa shape index (κ3) is 4.48. The fraction of sp³-hybridized carbons (Fsp3) is 0.263. The normalized spacial score (nSPS) is 14.2. The zero-order valence-electron chi connectivity index (χ0n) is 14.0. The summed E-state index contributed by atoms with van der Waals surface area (Å²) in [5.41, 5.74) is 0.420. The topological polar surface area (TPSA) is 49.9 Å². The van der Waals surface area contributed by atoms with Crippen LogP contribution < -0.4 is 4.74 Å². The molecular weight excluding hydrogens is 375 g/mol. The number of para-hydroxylation sites is 1. The van der Waals surface area contributed by atoms with Crippen LogP contribution in [0.5, 0.6) is 5.75 Å². The van der Waals surface area contributed by atoms with Crippen molar-refractivity contribution < 1.29 is 14.3 Å². The van der Waals surface area contributed by atoms with E-state index in [9.17, 15) is 9.59 Å². The van der Waals surface area contributed by atoms with Crippen LogP contribution in [0.25, 0.3) is 0 Å². The van der Waals surface area contributed by atoms with E-state index >= 15 is 0 Å². The lowest BCUT2D eigenvalue weighted by atomic mass is 10.1. The lowest BCUT2D eigenvalue weighted by molar-refractivity contribution is -0.134. The molecule has 1 fully saturated rings. The van der Waals surface area contributed by atoms with Crippen LogP contribution in [-0.2, 0) is 4.79 Å². The molecule has 7 heteroatoms. The molecule has 0 bridgehead atoms. The summed E-state index contributed by atoms with van der Waals surface area (Å²) in [5.74, 6) is 0.414. The highest BCUT2D eigenvalue weighted by atomic mass is 35.5. The van der Waals surface area contributed by atoms with E-state index in [1.54, 1.807) is 40.1 Å². The standard InChI is InChI=1S/C19H18Cl2N2O3/c20-14-6-7-16(17(21)12-14)19(25)23-10-8-22(9-11-23)18(24)13-26-15-4-2-1-3-5-15/h1-7,12H,8-11,13H2. The monoisotopic (exact) mass is 392 g/mol. The molecule has 2 amide bonds. The number of halogens is 2. The van der Waals surface area contributed by atoms with Crippen molar-refractivity contribution in [1.82, 2.24) is 9.80 Å². The van der Waals surface area contributed by atoms with E-state index in [-0.39, 0.29) is 18.4 Å². The van der Waals surface area contributed by atoms with Gasteiger partial charge in [-0.2, -0.15) is 0 Å².